The van der Waals surface area contributed by atoms with E-state index in [0.717, 1.165) is 32.4 Å². The van der Waals surface area contributed by atoms with E-state index in [1.807, 2.05) is 20.8 Å². The zero-order valence-electron chi connectivity index (χ0n) is 11.9. The highest BCUT2D eigenvalue weighted by Gasteiger charge is 2.34. The van der Waals surface area contributed by atoms with Crippen LogP contribution in [-0.4, -0.2) is 55.8 Å². The maximum absolute atomic E-state index is 12.7. The lowest BCUT2D eigenvalue weighted by atomic mass is 10.3. The van der Waals surface area contributed by atoms with Gasteiger partial charge in [-0.1, -0.05) is 20.8 Å². The SMILES string of the molecule is CCCN(CCC)S(=O)(=O)N(CC)C1CCNC1. The Kier molecular flexibility index (Phi) is 6.55. The van der Waals surface area contributed by atoms with Crippen molar-refractivity contribution in [3.05, 3.63) is 0 Å². The van der Waals surface area contributed by atoms with Crippen molar-refractivity contribution in [1.29, 1.82) is 0 Å². The van der Waals surface area contributed by atoms with E-state index >= 15 is 0 Å². The van der Waals surface area contributed by atoms with Crippen LogP contribution in [-0.2, 0) is 10.2 Å². The summed E-state index contributed by atoms with van der Waals surface area (Å²) in [5.41, 5.74) is 0. The Balaban J connectivity index is 2.84. The lowest BCUT2D eigenvalue weighted by Gasteiger charge is -2.32. The molecule has 0 aromatic carbocycles. The fourth-order valence-corrected chi connectivity index (χ4v) is 4.49. The van der Waals surface area contributed by atoms with Crippen LogP contribution in [0.1, 0.15) is 40.0 Å². The molecule has 6 heteroatoms. The fourth-order valence-electron chi connectivity index (χ4n) is 2.48. The molecule has 1 rings (SSSR count). The van der Waals surface area contributed by atoms with Gasteiger partial charge in [0.25, 0.3) is 10.2 Å². The summed E-state index contributed by atoms with van der Waals surface area (Å²) in [7, 11) is -3.29. The van der Waals surface area contributed by atoms with Crippen molar-refractivity contribution < 1.29 is 8.42 Å². The molecule has 0 amide bonds. The summed E-state index contributed by atoms with van der Waals surface area (Å²) in [6.07, 6.45) is 2.64. The molecule has 1 saturated heterocycles. The summed E-state index contributed by atoms with van der Waals surface area (Å²) < 4.78 is 28.6. The Morgan fingerprint density at radius 2 is 1.78 bits per heavy atom. The molecule has 0 aromatic heterocycles. The number of hydrogen-bond acceptors (Lipinski definition) is 3. The van der Waals surface area contributed by atoms with Crippen LogP contribution in [0.3, 0.4) is 0 Å². The third-order valence-electron chi connectivity index (χ3n) is 3.32. The van der Waals surface area contributed by atoms with Gasteiger partial charge in [-0.05, 0) is 25.8 Å². The standard InChI is InChI=1S/C12H27N3O2S/c1-4-9-14(10-5-2)18(16,17)15(6-3)12-7-8-13-11-12/h12-13H,4-11H2,1-3H3. The van der Waals surface area contributed by atoms with Crippen LogP contribution in [0, 0.1) is 0 Å². The van der Waals surface area contributed by atoms with E-state index in [-0.39, 0.29) is 6.04 Å². The van der Waals surface area contributed by atoms with Crippen LogP contribution in [0.2, 0.25) is 0 Å². The molecule has 0 saturated carbocycles. The lowest BCUT2D eigenvalue weighted by molar-refractivity contribution is 0.299. The smallest absolute Gasteiger partial charge is 0.282 e. The molecule has 1 aliphatic rings. The van der Waals surface area contributed by atoms with Crippen molar-refractivity contribution in [2.75, 3.05) is 32.7 Å². The largest absolute Gasteiger partial charge is 0.315 e. The molecule has 1 fully saturated rings. The van der Waals surface area contributed by atoms with E-state index in [0.29, 0.717) is 19.6 Å². The molecule has 108 valence electrons. The topological polar surface area (TPSA) is 52.7 Å². The van der Waals surface area contributed by atoms with E-state index in [1.54, 1.807) is 8.61 Å². The normalized spacial score (nSPS) is 21.1. The number of nitrogens with one attached hydrogen (secondary N) is 1. The molecular formula is C12H27N3O2S. The predicted molar refractivity (Wildman–Crippen MR) is 74.7 cm³/mol. The summed E-state index contributed by atoms with van der Waals surface area (Å²) in [4.78, 5) is 0. The summed E-state index contributed by atoms with van der Waals surface area (Å²) in [5, 5.41) is 3.24. The van der Waals surface area contributed by atoms with Gasteiger partial charge in [0.2, 0.25) is 0 Å². The lowest BCUT2D eigenvalue weighted by Crippen LogP contribution is -2.49. The van der Waals surface area contributed by atoms with E-state index < -0.39 is 10.2 Å². The van der Waals surface area contributed by atoms with Gasteiger partial charge in [-0.25, -0.2) is 0 Å². The van der Waals surface area contributed by atoms with Crippen molar-refractivity contribution >= 4 is 10.2 Å². The van der Waals surface area contributed by atoms with Crippen LogP contribution >= 0.6 is 0 Å². The van der Waals surface area contributed by atoms with Crippen molar-refractivity contribution in [1.82, 2.24) is 13.9 Å². The first-order valence-electron chi connectivity index (χ1n) is 7.05. The molecule has 5 nitrogen and oxygen atoms in total. The average molecular weight is 277 g/mol. The highest BCUT2D eigenvalue weighted by atomic mass is 32.2. The van der Waals surface area contributed by atoms with Gasteiger partial charge in [0, 0.05) is 32.2 Å². The van der Waals surface area contributed by atoms with Crippen LogP contribution < -0.4 is 5.32 Å². The van der Waals surface area contributed by atoms with Crippen LogP contribution in [0.15, 0.2) is 0 Å². The first kappa shape index (κ1) is 15.9. The Labute approximate surface area is 112 Å². The van der Waals surface area contributed by atoms with E-state index in [2.05, 4.69) is 5.32 Å². The maximum atomic E-state index is 12.7. The molecule has 0 aromatic rings. The second-order valence-corrected chi connectivity index (χ2v) is 6.64. The monoisotopic (exact) mass is 277 g/mol. The van der Waals surface area contributed by atoms with Gasteiger partial charge >= 0.3 is 0 Å². The van der Waals surface area contributed by atoms with Gasteiger partial charge in [0.15, 0.2) is 0 Å². The minimum Gasteiger partial charge on any atom is -0.315 e. The Morgan fingerprint density at radius 1 is 1.17 bits per heavy atom. The van der Waals surface area contributed by atoms with Crippen molar-refractivity contribution in [2.45, 2.75) is 46.1 Å². The molecule has 0 radical (unpaired) electrons. The number of hydrogen-bond donors (Lipinski definition) is 1. The van der Waals surface area contributed by atoms with Gasteiger partial charge in [-0.3, -0.25) is 0 Å². The average Bonchev–Trinajstić information content (AvgIpc) is 2.83. The Hall–Kier alpha value is -0.170. The molecule has 18 heavy (non-hydrogen) atoms. The third-order valence-corrected chi connectivity index (χ3v) is 5.49. The van der Waals surface area contributed by atoms with Crippen LogP contribution in [0.25, 0.3) is 0 Å². The summed E-state index contributed by atoms with van der Waals surface area (Å²) in [6, 6.07) is 0.121. The summed E-state index contributed by atoms with van der Waals surface area (Å²) in [6.45, 7) is 9.44. The van der Waals surface area contributed by atoms with Crippen molar-refractivity contribution in [2.24, 2.45) is 0 Å². The molecular weight excluding hydrogens is 250 g/mol. The molecule has 0 bridgehead atoms. The Morgan fingerprint density at radius 3 is 2.17 bits per heavy atom. The zero-order valence-corrected chi connectivity index (χ0v) is 12.7. The molecule has 0 aliphatic carbocycles. The minimum absolute atomic E-state index is 0.121. The zero-order chi connectivity index (χ0) is 13.6. The van der Waals surface area contributed by atoms with Crippen molar-refractivity contribution in [3.8, 4) is 0 Å². The minimum atomic E-state index is -3.29. The highest BCUT2D eigenvalue weighted by molar-refractivity contribution is 7.86. The third kappa shape index (κ3) is 3.66. The quantitative estimate of drug-likeness (QED) is 0.721. The first-order valence-corrected chi connectivity index (χ1v) is 8.45. The van der Waals surface area contributed by atoms with E-state index in [1.165, 1.54) is 0 Å². The van der Waals surface area contributed by atoms with Crippen LogP contribution in [0.4, 0.5) is 0 Å². The molecule has 1 heterocycles. The number of rotatable bonds is 8. The Bertz CT molecular complexity index is 320. The first-order chi connectivity index (χ1) is 8.57. The highest BCUT2D eigenvalue weighted by Crippen LogP contribution is 2.17. The van der Waals surface area contributed by atoms with E-state index in [4.69, 9.17) is 0 Å². The van der Waals surface area contributed by atoms with Gasteiger partial charge in [0.1, 0.15) is 0 Å². The summed E-state index contributed by atoms with van der Waals surface area (Å²) >= 11 is 0. The van der Waals surface area contributed by atoms with Crippen LogP contribution in [0.5, 0.6) is 0 Å². The van der Waals surface area contributed by atoms with Gasteiger partial charge < -0.3 is 5.32 Å². The maximum Gasteiger partial charge on any atom is 0.282 e. The van der Waals surface area contributed by atoms with Gasteiger partial charge in [0.05, 0.1) is 0 Å². The van der Waals surface area contributed by atoms with E-state index in [9.17, 15) is 8.42 Å². The summed E-state index contributed by atoms with van der Waals surface area (Å²) in [5.74, 6) is 0. The van der Waals surface area contributed by atoms with Gasteiger partial charge in [-0.2, -0.15) is 17.0 Å². The predicted octanol–water partition coefficient (Wildman–Crippen LogP) is 1.04. The second-order valence-electron chi connectivity index (χ2n) is 4.76. The molecule has 1 aliphatic heterocycles. The van der Waals surface area contributed by atoms with Crippen molar-refractivity contribution in [3.63, 3.8) is 0 Å². The molecule has 1 N–H and O–H groups in total. The molecule has 1 atom stereocenters. The number of likely N-dealkylation sites (N-methyl/N-ethyl adjacent to an activating group) is 1. The second kappa shape index (κ2) is 7.43. The molecule has 0 spiro atoms. The fraction of sp³-hybridized carbons (Fsp3) is 1.00. The number of nitrogens with zero attached hydrogens (tertiary/aromatic N) is 2. The van der Waals surface area contributed by atoms with Gasteiger partial charge in [-0.15, -0.1) is 0 Å². The molecule has 1 unspecified atom stereocenters.